The minimum atomic E-state index is -3.31. The summed E-state index contributed by atoms with van der Waals surface area (Å²) in [7, 11) is -6.61. The molecule has 2 aliphatic rings. The molecule has 2 aromatic carbocycles. The number of nitrogens with zero attached hydrogens (tertiary/aromatic N) is 2. The van der Waals surface area contributed by atoms with Gasteiger partial charge < -0.3 is 9.31 Å². The van der Waals surface area contributed by atoms with Gasteiger partial charge in [-0.15, -0.1) is 0 Å². The van der Waals surface area contributed by atoms with Crippen LogP contribution in [0.5, 0.6) is 0 Å². The normalized spacial score (nSPS) is 16.9. The van der Waals surface area contributed by atoms with Crippen molar-refractivity contribution in [2.45, 2.75) is 41.5 Å². The van der Waals surface area contributed by atoms with Gasteiger partial charge in [-0.1, -0.05) is 35.4 Å². The SMILES string of the molecule is Cc1cc(C)c(C2=N/C(=C(OB(F)F)/C(OB(F)F)=C3/C=CC(c4c(C)cc(C)cc4C)=N3)C=C2)c(C)c1. The fourth-order valence-electron chi connectivity index (χ4n) is 5.06. The molecule has 194 valence electrons. The zero-order valence-electron chi connectivity index (χ0n) is 22.0. The van der Waals surface area contributed by atoms with Crippen molar-refractivity contribution in [3.8, 4) is 0 Å². The Labute approximate surface area is 220 Å². The van der Waals surface area contributed by atoms with Gasteiger partial charge in [0.1, 0.15) is 11.4 Å². The zero-order valence-corrected chi connectivity index (χ0v) is 22.0. The Balaban J connectivity index is 1.88. The Bertz CT molecular complexity index is 1330. The summed E-state index contributed by atoms with van der Waals surface area (Å²) < 4.78 is 63.7. The number of allylic oxidation sites excluding steroid dienone is 4. The maximum Gasteiger partial charge on any atom is 0.796 e. The summed E-state index contributed by atoms with van der Waals surface area (Å²) in [4.78, 5) is 8.95. The summed E-state index contributed by atoms with van der Waals surface area (Å²) >= 11 is 0. The summed E-state index contributed by atoms with van der Waals surface area (Å²) in [5.74, 6) is -1.23. The second-order valence-electron chi connectivity index (χ2n) is 9.39. The van der Waals surface area contributed by atoms with E-state index < -0.39 is 26.5 Å². The van der Waals surface area contributed by atoms with E-state index >= 15 is 0 Å². The van der Waals surface area contributed by atoms with Gasteiger partial charge in [0, 0.05) is 11.1 Å². The van der Waals surface area contributed by atoms with E-state index in [2.05, 4.69) is 9.98 Å². The highest BCUT2D eigenvalue weighted by molar-refractivity contribution is 6.36. The summed E-state index contributed by atoms with van der Waals surface area (Å²) in [5, 5.41) is 0. The number of halogens is 4. The van der Waals surface area contributed by atoms with Crippen LogP contribution in [0.25, 0.3) is 0 Å². The Kier molecular flexibility index (Phi) is 7.81. The number of aryl methyl sites for hydroxylation is 6. The second kappa shape index (κ2) is 10.9. The predicted molar refractivity (Wildman–Crippen MR) is 145 cm³/mol. The van der Waals surface area contributed by atoms with Crippen LogP contribution in [0.3, 0.4) is 0 Å². The van der Waals surface area contributed by atoms with Crippen molar-refractivity contribution >= 4 is 26.4 Å². The molecule has 0 amide bonds. The Morgan fingerprint density at radius 1 is 0.553 bits per heavy atom. The van der Waals surface area contributed by atoms with Gasteiger partial charge in [-0.25, -0.2) is 27.2 Å². The van der Waals surface area contributed by atoms with Crippen LogP contribution in [0.4, 0.5) is 17.3 Å². The molecule has 38 heavy (non-hydrogen) atoms. The van der Waals surface area contributed by atoms with Crippen LogP contribution in [0.15, 0.2) is 81.5 Å². The first-order chi connectivity index (χ1) is 17.9. The molecule has 0 spiro atoms. The summed E-state index contributed by atoms with van der Waals surface area (Å²) in [5.41, 5.74) is 8.46. The van der Waals surface area contributed by atoms with Gasteiger partial charge in [0.25, 0.3) is 0 Å². The highest BCUT2D eigenvalue weighted by Gasteiger charge is 2.33. The molecule has 0 radical (unpaired) electrons. The maximum atomic E-state index is 13.6. The predicted octanol–water partition coefficient (Wildman–Crippen LogP) is 7.26. The molecule has 0 unspecified atom stereocenters. The highest BCUT2D eigenvalue weighted by Crippen LogP contribution is 2.33. The molecule has 10 heteroatoms. The molecule has 0 bridgehead atoms. The van der Waals surface area contributed by atoms with Crippen molar-refractivity contribution in [2.75, 3.05) is 0 Å². The third kappa shape index (κ3) is 5.69. The van der Waals surface area contributed by atoms with Crippen molar-refractivity contribution < 1.29 is 26.6 Å². The lowest BCUT2D eigenvalue weighted by Crippen LogP contribution is -2.15. The van der Waals surface area contributed by atoms with Gasteiger partial charge in [-0.05, 0) is 88.1 Å². The van der Waals surface area contributed by atoms with E-state index in [-0.39, 0.29) is 11.4 Å². The Morgan fingerprint density at radius 3 is 1.16 bits per heavy atom. The van der Waals surface area contributed by atoms with Crippen LogP contribution in [0, 0.1) is 41.5 Å². The van der Waals surface area contributed by atoms with E-state index in [1.807, 2.05) is 65.8 Å². The van der Waals surface area contributed by atoms with Crippen LogP contribution < -0.4 is 0 Å². The minimum Gasteiger partial charge on any atom is -0.501 e. The van der Waals surface area contributed by atoms with E-state index in [0.717, 1.165) is 44.5 Å². The zero-order chi connectivity index (χ0) is 27.7. The highest BCUT2D eigenvalue weighted by atomic mass is 19.2. The van der Waals surface area contributed by atoms with Crippen LogP contribution in [0.2, 0.25) is 0 Å². The molecular weight excluding hydrogens is 494 g/mol. The largest absolute Gasteiger partial charge is 0.796 e. The fourth-order valence-corrected chi connectivity index (χ4v) is 5.06. The molecule has 0 fully saturated rings. The summed E-state index contributed by atoms with van der Waals surface area (Å²) in [6.07, 6.45) is 6.16. The van der Waals surface area contributed by atoms with Gasteiger partial charge in [0.15, 0.2) is 11.5 Å². The minimum absolute atomic E-state index is 0.0671. The molecule has 2 aromatic rings. The molecule has 0 saturated heterocycles. The topological polar surface area (TPSA) is 43.2 Å². The van der Waals surface area contributed by atoms with Gasteiger partial charge >= 0.3 is 14.9 Å². The van der Waals surface area contributed by atoms with E-state index in [9.17, 15) is 17.3 Å². The van der Waals surface area contributed by atoms with Crippen LogP contribution in [-0.4, -0.2) is 26.4 Å². The first-order valence-corrected chi connectivity index (χ1v) is 12.0. The molecule has 0 saturated carbocycles. The molecule has 2 aliphatic heterocycles. The number of aliphatic imine (C=N–C) groups is 2. The maximum absolute atomic E-state index is 13.6. The summed E-state index contributed by atoms with van der Waals surface area (Å²) in [6, 6.07) is 7.94. The van der Waals surface area contributed by atoms with Crippen LogP contribution in [-0.2, 0) is 9.31 Å². The first kappa shape index (κ1) is 27.2. The van der Waals surface area contributed by atoms with E-state index in [0.29, 0.717) is 11.4 Å². The third-order valence-corrected chi connectivity index (χ3v) is 6.23. The average Bonchev–Trinajstić information content (AvgIpc) is 3.45. The number of hydrogen-bond donors (Lipinski definition) is 0. The molecule has 0 aromatic heterocycles. The Hall–Kier alpha value is -3.81. The van der Waals surface area contributed by atoms with E-state index in [1.54, 1.807) is 12.2 Å². The van der Waals surface area contributed by atoms with Crippen LogP contribution in [0.1, 0.15) is 44.5 Å². The van der Waals surface area contributed by atoms with Crippen molar-refractivity contribution in [3.63, 3.8) is 0 Å². The lowest BCUT2D eigenvalue weighted by Gasteiger charge is -2.16. The summed E-state index contributed by atoms with van der Waals surface area (Å²) in [6.45, 7) is 11.6. The molecule has 0 aliphatic carbocycles. The van der Waals surface area contributed by atoms with Crippen molar-refractivity contribution in [3.05, 3.63) is 116 Å². The first-order valence-electron chi connectivity index (χ1n) is 12.0. The quantitative estimate of drug-likeness (QED) is 0.219. The van der Waals surface area contributed by atoms with Crippen molar-refractivity contribution in [1.29, 1.82) is 0 Å². The van der Waals surface area contributed by atoms with Gasteiger partial charge in [0.2, 0.25) is 0 Å². The molecular formula is C28H26B2F4N2O2. The fraction of sp³-hybridized carbons (Fsp3) is 0.214. The molecule has 4 nitrogen and oxygen atoms in total. The monoisotopic (exact) mass is 520 g/mol. The van der Waals surface area contributed by atoms with Crippen molar-refractivity contribution in [1.82, 2.24) is 0 Å². The standard InChI is InChI=1S/C28H26B2F4N2O2/c1-15-11-17(3)25(18(4)12-15)21-7-9-23(35-21)27(37-29(31)32)28(38-30(33)34)24-10-8-22(36-24)26-19(5)13-16(2)14-20(26)6/h7-14H,1-6H3/b27-23-,28-24+. The molecule has 0 atom stereocenters. The van der Waals surface area contributed by atoms with E-state index in [4.69, 9.17) is 9.31 Å². The number of rotatable bonds is 7. The van der Waals surface area contributed by atoms with Gasteiger partial charge in [-0.2, -0.15) is 0 Å². The Morgan fingerprint density at radius 2 is 0.868 bits per heavy atom. The van der Waals surface area contributed by atoms with E-state index in [1.165, 1.54) is 12.2 Å². The smallest absolute Gasteiger partial charge is 0.501 e. The molecule has 4 rings (SSSR count). The number of benzene rings is 2. The third-order valence-electron chi connectivity index (χ3n) is 6.23. The average molecular weight is 520 g/mol. The molecule has 2 heterocycles. The lowest BCUT2D eigenvalue weighted by molar-refractivity contribution is 0.271. The molecule has 0 N–H and O–H groups in total. The van der Waals surface area contributed by atoms with Gasteiger partial charge in [0.05, 0.1) is 11.4 Å². The van der Waals surface area contributed by atoms with Gasteiger partial charge in [-0.3, -0.25) is 0 Å². The van der Waals surface area contributed by atoms with Crippen LogP contribution >= 0.6 is 0 Å². The number of hydrogen-bond acceptors (Lipinski definition) is 4. The lowest BCUT2D eigenvalue weighted by atomic mass is 9.96. The second-order valence-corrected chi connectivity index (χ2v) is 9.39. The van der Waals surface area contributed by atoms with Crippen molar-refractivity contribution in [2.24, 2.45) is 9.98 Å².